The average Bonchev–Trinajstić information content (AvgIpc) is 2.84. The summed E-state index contributed by atoms with van der Waals surface area (Å²) in [5.41, 5.74) is 5.10. The fourth-order valence-electron chi connectivity index (χ4n) is 5.48. The van der Waals surface area contributed by atoms with Crippen molar-refractivity contribution in [3.63, 3.8) is 0 Å². The van der Waals surface area contributed by atoms with Crippen LogP contribution in [0.25, 0.3) is 5.57 Å². The standard InChI is InChI=1S/C29H42O4.CO2/c1-5-8-9-10-11-12-26(31)33-25-20-29(13-15-32-16-14-29)19-24(30)28(25)27-22(6-2)17-21(4)18-23(27)7-3;2-1-3/h17-18H,5-16,19-20H2,1-4H3;. The molecular formula is C30H42O6. The summed E-state index contributed by atoms with van der Waals surface area (Å²) in [6, 6.07) is 4.36. The number of Topliss-reactive ketones (excluding diaryl/α,β-unsaturated/α-hetero) is 1. The molecule has 0 saturated carbocycles. The van der Waals surface area contributed by atoms with E-state index in [0.717, 1.165) is 50.5 Å². The minimum Gasteiger partial charge on any atom is -0.430 e. The first kappa shape index (κ1) is 29.7. The van der Waals surface area contributed by atoms with E-state index >= 15 is 0 Å². The van der Waals surface area contributed by atoms with Gasteiger partial charge < -0.3 is 9.47 Å². The molecule has 0 bridgehead atoms. The van der Waals surface area contributed by atoms with Crippen LogP contribution in [0.4, 0.5) is 0 Å². The number of carbonyl (C=O) groups is 2. The Morgan fingerprint density at radius 2 is 1.56 bits per heavy atom. The molecule has 198 valence electrons. The van der Waals surface area contributed by atoms with E-state index in [9.17, 15) is 9.59 Å². The zero-order valence-corrected chi connectivity index (χ0v) is 22.5. The third-order valence-electron chi connectivity index (χ3n) is 7.36. The van der Waals surface area contributed by atoms with Crippen LogP contribution in [-0.4, -0.2) is 31.1 Å². The maximum atomic E-state index is 13.7. The lowest BCUT2D eigenvalue weighted by molar-refractivity contribution is -0.191. The lowest BCUT2D eigenvalue weighted by atomic mass is 9.67. The van der Waals surface area contributed by atoms with Crippen molar-refractivity contribution in [1.29, 1.82) is 0 Å². The third-order valence-corrected chi connectivity index (χ3v) is 7.36. The van der Waals surface area contributed by atoms with Gasteiger partial charge in [-0.15, -0.1) is 0 Å². The number of esters is 1. The Hall–Kier alpha value is -2.56. The number of hydrogen-bond acceptors (Lipinski definition) is 6. The SMILES string of the molecule is CCCCCCCC(=O)OC1=C(c2c(CC)cc(C)cc2CC)C(=O)CC2(CCOCC2)C1.O=C=O. The van der Waals surface area contributed by atoms with Crippen LogP contribution in [0.5, 0.6) is 0 Å². The molecule has 2 aliphatic rings. The lowest BCUT2D eigenvalue weighted by Gasteiger charge is -2.41. The molecule has 0 N–H and O–H groups in total. The van der Waals surface area contributed by atoms with Gasteiger partial charge in [0.05, 0.1) is 5.57 Å². The van der Waals surface area contributed by atoms with Gasteiger partial charge in [0.25, 0.3) is 0 Å². The van der Waals surface area contributed by atoms with Crippen molar-refractivity contribution in [2.24, 2.45) is 5.41 Å². The molecule has 6 heteroatoms. The molecule has 1 aliphatic heterocycles. The van der Waals surface area contributed by atoms with E-state index in [1.54, 1.807) is 0 Å². The first-order valence-electron chi connectivity index (χ1n) is 13.5. The largest absolute Gasteiger partial charge is 0.430 e. The second-order valence-electron chi connectivity index (χ2n) is 10.1. The van der Waals surface area contributed by atoms with E-state index in [2.05, 4.69) is 39.8 Å². The van der Waals surface area contributed by atoms with Crippen LogP contribution < -0.4 is 0 Å². The van der Waals surface area contributed by atoms with Gasteiger partial charge in [0, 0.05) is 32.5 Å². The van der Waals surface area contributed by atoms with Crippen LogP contribution in [0.1, 0.15) is 107 Å². The molecule has 36 heavy (non-hydrogen) atoms. The summed E-state index contributed by atoms with van der Waals surface area (Å²) in [6.45, 7) is 9.91. The highest BCUT2D eigenvalue weighted by Crippen LogP contribution is 2.48. The lowest BCUT2D eigenvalue weighted by Crippen LogP contribution is -2.37. The molecule has 0 atom stereocenters. The van der Waals surface area contributed by atoms with Gasteiger partial charge in [0.1, 0.15) is 5.76 Å². The van der Waals surface area contributed by atoms with Crippen molar-refractivity contribution in [2.45, 2.75) is 105 Å². The summed E-state index contributed by atoms with van der Waals surface area (Å²) in [5, 5.41) is 0. The molecule has 0 aromatic heterocycles. The fraction of sp³-hybridized carbons (Fsp3) is 0.633. The number of rotatable bonds is 10. The van der Waals surface area contributed by atoms with Gasteiger partial charge in [-0.3, -0.25) is 9.59 Å². The number of unbranched alkanes of at least 4 members (excludes halogenated alkanes) is 4. The zero-order chi connectivity index (χ0) is 26.6. The number of allylic oxidation sites excluding steroid dienone is 2. The minimum atomic E-state index is -0.195. The van der Waals surface area contributed by atoms with Crippen molar-refractivity contribution in [2.75, 3.05) is 13.2 Å². The minimum absolute atomic E-state index is 0.127. The Balaban J connectivity index is 0.00000145. The van der Waals surface area contributed by atoms with E-state index < -0.39 is 0 Å². The summed E-state index contributed by atoms with van der Waals surface area (Å²) in [5.74, 6) is 0.543. The van der Waals surface area contributed by atoms with Crippen LogP contribution in [0.15, 0.2) is 17.9 Å². The van der Waals surface area contributed by atoms with E-state index in [1.165, 1.54) is 29.5 Å². The van der Waals surface area contributed by atoms with Crippen molar-refractivity contribution in [3.8, 4) is 0 Å². The molecule has 1 aliphatic carbocycles. The van der Waals surface area contributed by atoms with Crippen molar-refractivity contribution in [1.82, 2.24) is 0 Å². The van der Waals surface area contributed by atoms with E-state index in [1.807, 2.05) is 0 Å². The van der Waals surface area contributed by atoms with Crippen molar-refractivity contribution >= 4 is 23.5 Å². The number of hydrogen-bond donors (Lipinski definition) is 0. The number of benzene rings is 1. The molecule has 1 spiro atoms. The molecule has 1 aromatic rings. The maximum Gasteiger partial charge on any atom is 0.373 e. The van der Waals surface area contributed by atoms with Crippen LogP contribution >= 0.6 is 0 Å². The maximum absolute atomic E-state index is 13.7. The van der Waals surface area contributed by atoms with Gasteiger partial charge in [-0.25, -0.2) is 0 Å². The first-order chi connectivity index (χ1) is 17.3. The third kappa shape index (κ3) is 7.97. The monoisotopic (exact) mass is 498 g/mol. The highest BCUT2D eigenvalue weighted by molar-refractivity contribution is 6.23. The van der Waals surface area contributed by atoms with Gasteiger partial charge in [-0.1, -0.05) is 64.2 Å². The number of aryl methyl sites for hydroxylation is 3. The quantitative estimate of drug-likeness (QED) is 0.277. The van der Waals surface area contributed by atoms with Gasteiger partial charge in [0.15, 0.2) is 5.78 Å². The molecule has 0 radical (unpaired) electrons. The Morgan fingerprint density at radius 1 is 0.972 bits per heavy atom. The molecule has 1 saturated heterocycles. The Labute approximate surface area is 215 Å². The van der Waals surface area contributed by atoms with E-state index in [4.69, 9.17) is 19.1 Å². The van der Waals surface area contributed by atoms with E-state index in [0.29, 0.717) is 43.8 Å². The molecular weight excluding hydrogens is 456 g/mol. The second-order valence-corrected chi connectivity index (χ2v) is 10.1. The first-order valence-corrected chi connectivity index (χ1v) is 13.5. The van der Waals surface area contributed by atoms with Gasteiger partial charge >= 0.3 is 12.1 Å². The normalized spacial score (nSPS) is 16.8. The van der Waals surface area contributed by atoms with Crippen LogP contribution in [0.2, 0.25) is 0 Å². The second kappa shape index (κ2) is 14.9. The fourth-order valence-corrected chi connectivity index (χ4v) is 5.48. The predicted octanol–water partition coefficient (Wildman–Crippen LogP) is 6.31. The number of ketones is 1. The Kier molecular flexibility index (Phi) is 12.3. The van der Waals surface area contributed by atoms with Crippen LogP contribution in [0, 0.1) is 12.3 Å². The number of carbonyl (C=O) groups excluding carboxylic acids is 4. The Morgan fingerprint density at radius 3 is 2.11 bits per heavy atom. The highest BCUT2D eigenvalue weighted by Gasteiger charge is 2.43. The number of ether oxygens (including phenoxy) is 2. The molecule has 6 nitrogen and oxygen atoms in total. The molecule has 1 aromatic carbocycles. The van der Waals surface area contributed by atoms with Crippen LogP contribution in [0.3, 0.4) is 0 Å². The summed E-state index contributed by atoms with van der Waals surface area (Å²) >= 11 is 0. The molecule has 0 amide bonds. The predicted molar refractivity (Wildman–Crippen MR) is 138 cm³/mol. The summed E-state index contributed by atoms with van der Waals surface area (Å²) in [4.78, 5) is 42.8. The topological polar surface area (TPSA) is 86.7 Å². The average molecular weight is 499 g/mol. The van der Waals surface area contributed by atoms with Crippen LogP contribution in [-0.2, 0) is 41.5 Å². The summed E-state index contributed by atoms with van der Waals surface area (Å²) in [7, 11) is 0. The molecule has 1 heterocycles. The van der Waals surface area contributed by atoms with Gasteiger partial charge in [-0.2, -0.15) is 9.59 Å². The summed E-state index contributed by atoms with van der Waals surface area (Å²) in [6.07, 6.45) is 10.7. The molecule has 0 unspecified atom stereocenters. The van der Waals surface area contributed by atoms with E-state index in [-0.39, 0.29) is 23.3 Å². The van der Waals surface area contributed by atoms with Crippen molar-refractivity contribution < 1.29 is 28.7 Å². The summed E-state index contributed by atoms with van der Waals surface area (Å²) < 4.78 is 11.7. The Bertz CT molecular complexity index is 937. The zero-order valence-electron chi connectivity index (χ0n) is 22.5. The molecule has 3 rings (SSSR count). The van der Waals surface area contributed by atoms with Gasteiger partial charge in [0.2, 0.25) is 0 Å². The van der Waals surface area contributed by atoms with Gasteiger partial charge in [-0.05, 0) is 61.1 Å². The highest BCUT2D eigenvalue weighted by atomic mass is 16.5. The van der Waals surface area contributed by atoms with Crippen molar-refractivity contribution in [3.05, 3.63) is 40.1 Å². The smallest absolute Gasteiger partial charge is 0.373 e. The molecule has 1 fully saturated rings.